The van der Waals surface area contributed by atoms with E-state index in [1.807, 2.05) is 24.1 Å². The van der Waals surface area contributed by atoms with Crippen LogP contribution in [-0.2, 0) is 9.59 Å². The number of carbonyl (C=O) groups is 2. The Bertz CT molecular complexity index is 359. The summed E-state index contributed by atoms with van der Waals surface area (Å²) in [6.45, 7) is 3.15. The van der Waals surface area contributed by atoms with Crippen molar-refractivity contribution < 1.29 is 14.7 Å². The zero-order valence-electron chi connectivity index (χ0n) is 10.7. The number of aliphatic carboxylic acids is 1. The van der Waals surface area contributed by atoms with E-state index in [0.717, 1.165) is 13.1 Å². The molecule has 0 aromatic rings. The minimum absolute atomic E-state index is 0.0138. The van der Waals surface area contributed by atoms with E-state index >= 15 is 0 Å². The average Bonchev–Trinajstić information content (AvgIpc) is 2.39. The number of hydrogen-bond acceptors (Lipinski definition) is 3. The first-order chi connectivity index (χ1) is 8.59. The molecule has 1 fully saturated rings. The van der Waals surface area contributed by atoms with Crippen LogP contribution >= 0.6 is 0 Å². The van der Waals surface area contributed by atoms with Crippen molar-refractivity contribution in [2.24, 2.45) is 11.8 Å². The fourth-order valence-electron chi connectivity index (χ4n) is 2.62. The van der Waals surface area contributed by atoms with Gasteiger partial charge in [0, 0.05) is 26.2 Å². The number of piperazine rings is 1. The molecule has 1 N–H and O–H groups in total. The van der Waals surface area contributed by atoms with E-state index in [1.165, 1.54) is 0 Å². The Morgan fingerprint density at radius 3 is 2.17 bits per heavy atom. The van der Waals surface area contributed by atoms with Crippen LogP contribution in [-0.4, -0.2) is 60.0 Å². The molecule has 2 aliphatic rings. The van der Waals surface area contributed by atoms with E-state index in [2.05, 4.69) is 4.90 Å². The van der Waals surface area contributed by atoms with Gasteiger partial charge in [-0.05, 0) is 19.9 Å². The largest absolute Gasteiger partial charge is 0.481 e. The van der Waals surface area contributed by atoms with Gasteiger partial charge >= 0.3 is 5.97 Å². The summed E-state index contributed by atoms with van der Waals surface area (Å²) in [5.41, 5.74) is 0. The molecular weight excluding hydrogens is 232 g/mol. The monoisotopic (exact) mass is 252 g/mol. The molecule has 0 saturated carbocycles. The normalized spacial score (nSPS) is 29.3. The number of allylic oxidation sites excluding steroid dienone is 2. The van der Waals surface area contributed by atoms with Crippen LogP contribution in [0.15, 0.2) is 12.2 Å². The topological polar surface area (TPSA) is 60.9 Å². The molecule has 2 unspecified atom stereocenters. The molecule has 0 aromatic heterocycles. The molecule has 1 saturated heterocycles. The Kier molecular flexibility index (Phi) is 4.01. The van der Waals surface area contributed by atoms with Crippen molar-refractivity contribution in [3.63, 3.8) is 0 Å². The highest BCUT2D eigenvalue weighted by Gasteiger charge is 2.36. The van der Waals surface area contributed by atoms with Crippen LogP contribution in [0.2, 0.25) is 0 Å². The van der Waals surface area contributed by atoms with Crippen molar-refractivity contribution in [2.45, 2.75) is 12.8 Å². The van der Waals surface area contributed by atoms with Crippen LogP contribution in [0.3, 0.4) is 0 Å². The highest BCUT2D eigenvalue weighted by atomic mass is 16.4. The maximum absolute atomic E-state index is 12.4. The molecule has 0 radical (unpaired) electrons. The Balaban J connectivity index is 2.03. The lowest BCUT2D eigenvalue weighted by atomic mass is 9.82. The van der Waals surface area contributed by atoms with Gasteiger partial charge in [-0.3, -0.25) is 9.59 Å². The molecule has 18 heavy (non-hydrogen) atoms. The third-order valence-electron chi connectivity index (χ3n) is 3.88. The molecule has 5 heteroatoms. The number of carbonyl (C=O) groups excluding carboxylic acids is 1. The van der Waals surface area contributed by atoms with Crippen molar-refractivity contribution in [1.29, 1.82) is 0 Å². The molecule has 0 spiro atoms. The maximum atomic E-state index is 12.4. The second-order valence-corrected chi connectivity index (χ2v) is 5.12. The fourth-order valence-corrected chi connectivity index (χ4v) is 2.62. The standard InChI is InChI=1S/C13H20N2O3/c1-14-6-8-15(9-7-14)12(16)10-4-2-3-5-11(10)13(17)18/h2-3,10-11H,4-9H2,1H3,(H,17,18). The lowest BCUT2D eigenvalue weighted by molar-refractivity contribution is -0.151. The molecule has 0 aromatic carbocycles. The third kappa shape index (κ3) is 2.72. The van der Waals surface area contributed by atoms with E-state index in [0.29, 0.717) is 25.9 Å². The number of hydrogen-bond donors (Lipinski definition) is 1. The Hall–Kier alpha value is -1.36. The van der Waals surface area contributed by atoms with Gasteiger partial charge in [-0.15, -0.1) is 0 Å². The van der Waals surface area contributed by atoms with Crippen LogP contribution in [0.5, 0.6) is 0 Å². The van der Waals surface area contributed by atoms with Crippen molar-refractivity contribution in [2.75, 3.05) is 33.2 Å². The third-order valence-corrected chi connectivity index (χ3v) is 3.88. The molecule has 1 aliphatic carbocycles. The van der Waals surface area contributed by atoms with Crippen LogP contribution in [0.25, 0.3) is 0 Å². The van der Waals surface area contributed by atoms with E-state index < -0.39 is 11.9 Å². The van der Waals surface area contributed by atoms with E-state index in [1.54, 1.807) is 0 Å². The highest BCUT2D eigenvalue weighted by molar-refractivity contribution is 5.85. The number of carboxylic acid groups (broad SMARTS) is 1. The van der Waals surface area contributed by atoms with E-state index in [9.17, 15) is 14.7 Å². The molecule has 2 rings (SSSR count). The van der Waals surface area contributed by atoms with Crippen molar-refractivity contribution in [1.82, 2.24) is 9.80 Å². The lowest BCUT2D eigenvalue weighted by Gasteiger charge is -2.36. The second-order valence-electron chi connectivity index (χ2n) is 5.12. The van der Waals surface area contributed by atoms with Gasteiger partial charge in [-0.2, -0.15) is 0 Å². The predicted octanol–water partition coefficient (Wildman–Crippen LogP) is 0.427. The van der Waals surface area contributed by atoms with Gasteiger partial charge in [0.2, 0.25) is 5.91 Å². The lowest BCUT2D eigenvalue weighted by Crippen LogP contribution is -2.50. The smallest absolute Gasteiger partial charge is 0.307 e. The molecular formula is C13H20N2O3. The molecule has 5 nitrogen and oxygen atoms in total. The molecule has 0 bridgehead atoms. The van der Waals surface area contributed by atoms with Gasteiger partial charge in [0.15, 0.2) is 0 Å². The van der Waals surface area contributed by atoms with Gasteiger partial charge in [0.25, 0.3) is 0 Å². The van der Waals surface area contributed by atoms with Crippen molar-refractivity contribution >= 4 is 11.9 Å². The number of nitrogens with zero attached hydrogens (tertiary/aromatic N) is 2. The Labute approximate surface area is 107 Å². The first kappa shape index (κ1) is 13.1. The maximum Gasteiger partial charge on any atom is 0.307 e. The zero-order valence-corrected chi connectivity index (χ0v) is 10.7. The first-order valence-electron chi connectivity index (χ1n) is 6.44. The zero-order chi connectivity index (χ0) is 13.1. The van der Waals surface area contributed by atoms with Gasteiger partial charge < -0.3 is 14.9 Å². The number of amides is 1. The quantitative estimate of drug-likeness (QED) is 0.724. The Morgan fingerprint density at radius 1 is 1.06 bits per heavy atom. The summed E-state index contributed by atoms with van der Waals surface area (Å²) >= 11 is 0. The SMILES string of the molecule is CN1CCN(C(=O)C2CC=CCC2C(=O)O)CC1. The summed E-state index contributed by atoms with van der Waals surface area (Å²) in [7, 11) is 2.03. The summed E-state index contributed by atoms with van der Waals surface area (Å²) in [6.07, 6.45) is 4.83. The van der Waals surface area contributed by atoms with Gasteiger partial charge in [-0.25, -0.2) is 0 Å². The summed E-state index contributed by atoms with van der Waals surface area (Å²) in [5.74, 6) is -1.77. The number of carboxylic acids is 1. The highest BCUT2D eigenvalue weighted by Crippen LogP contribution is 2.28. The van der Waals surface area contributed by atoms with E-state index in [4.69, 9.17) is 0 Å². The van der Waals surface area contributed by atoms with Crippen molar-refractivity contribution in [3.8, 4) is 0 Å². The van der Waals surface area contributed by atoms with Gasteiger partial charge in [0.1, 0.15) is 0 Å². The number of likely N-dealkylation sites (N-methyl/N-ethyl adjacent to an activating group) is 1. The molecule has 2 atom stereocenters. The van der Waals surface area contributed by atoms with Crippen LogP contribution < -0.4 is 0 Å². The number of rotatable bonds is 2. The van der Waals surface area contributed by atoms with Crippen LogP contribution in [0.4, 0.5) is 0 Å². The minimum Gasteiger partial charge on any atom is -0.481 e. The first-order valence-corrected chi connectivity index (χ1v) is 6.44. The molecule has 100 valence electrons. The summed E-state index contributed by atoms with van der Waals surface area (Å²) in [5, 5.41) is 9.19. The molecule has 1 aliphatic heterocycles. The van der Waals surface area contributed by atoms with Gasteiger partial charge in [-0.1, -0.05) is 12.2 Å². The summed E-state index contributed by atoms with van der Waals surface area (Å²) in [4.78, 5) is 27.6. The van der Waals surface area contributed by atoms with Crippen LogP contribution in [0.1, 0.15) is 12.8 Å². The molecule has 1 heterocycles. The minimum atomic E-state index is -0.855. The Morgan fingerprint density at radius 2 is 1.61 bits per heavy atom. The van der Waals surface area contributed by atoms with E-state index in [-0.39, 0.29) is 11.8 Å². The van der Waals surface area contributed by atoms with Gasteiger partial charge in [0.05, 0.1) is 11.8 Å². The summed E-state index contributed by atoms with van der Waals surface area (Å²) in [6, 6.07) is 0. The average molecular weight is 252 g/mol. The fraction of sp³-hybridized carbons (Fsp3) is 0.692. The summed E-state index contributed by atoms with van der Waals surface area (Å²) < 4.78 is 0. The van der Waals surface area contributed by atoms with Crippen LogP contribution in [0, 0.1) is 11.8 Å². The van der Waals surface area contributed by atoms with Crippen molar-refractivity contribution in [3.05, 3.63) is 12.2 Å². The predicted molar refractivity (Wildman–Crippen MR) is 67.1 cm³/mol. The molecule has 1 amide bonds. The second kappa shape index (κ2) is 5.52.